The molecule has 0 bridgehead atoms. The lowest BCUT2D eigenvalue weighted by Crippen LogP contribution is -2.18. The number of hydrogen-bond donors (Lipinski definition) is 3. The SMILES string of the molecule is NS(=O)(=O)c1ccc(NC(=O)c2ccccc2NC(=O)c2ccccc2)cc1. The van der Waals surface area contributed by atoms with Gasteiger partial charge in [-0.3, -0.25) is 9.59 Å². The van der Waals surface area contributed by atoms with Gasteiger partial charge in [0.1, 0.15) is 0 Å². The third-order valence-corrected chi connectivity index (χ3v) is 4.83. The van der Waals surface area contributed by atoms with Crippen molar-refractivity contribution in [3.8, 4) is 0 Å². The summed E-state index contributed by atoms with van der Waals surface area (Å²) in [5.74, 6) is -0.786. The molecule has 4 N–H and O–H groups in total. The second-order valence-corrected chi connectivity index (χ2v) is 7.45. The summed E-state index contributed by atoms with van der Waals surface area (Å²) < 4.78 is 22.6. The zero-order chi connectivity index (χ0) is 20.1. The molecule has 0 aliphatic carbocycles. The Morgan fingerprint density at radius 1 is 0.714 bits per heavy atom. The van der Waals surface area contributed by atoms with Crippen LogP contribution in [0.3, 0.4) is 0 Å². The number of anilines is 2. The van der Waals surface area contributed by atoms with E-state index in [1.54, 1.807) is 54.6 Å². The zero-order valence-corrected chi connectivity index (χ0v) is 15.4. The molecule has 0 unspecified atom stereocenters. The molecule has 0 aliphatic rings. The van der Waals surface area contributed by atoms with Crippen molar-refractivity contribution in [1.29, 1.82) is 0 Å². The van der Waals surface area contributed by atoms with Crippen molar-refractivity contribution in [2.75, 3.05) is 10.6 Å². The lowest BCUT2D eigenvalue weighted by molar-refractivity contribution is 0.102. The maximum atomic E-state index is 12.6. The number of carbonyl (C=O) groups is 2. The van der Waals surface area contributed by atoms with E-state index in [-0.39, 0.29) is 16.4 Å². The minimum Gasteiger partial charge on any atom is -0.322 e. The second kappa shape index (κ2) is 8.03. The average molecular weight is 395 g/mol. The molecule has 2 amide bonds. The maximum Gasteiger partial charge on any atom is 0.257 e. The molecular weight excluding hydrogens is 378 g/mol. The Morgan fingerprint density at radius 2 is 1.32 bits per heavy atom. The molecule has 8 heteroatoms. The topological polar surface area (TPSA) is 118 Å². The fourth-order valence-electron chi connectivity index (χ4n) is 2.50. The molecule has 0 radical (unpaired) electrons. The summed E-state index contributed by atoms with van der Waals surface area (Å²) >= 11 is 0. The summed E-state index contributed by atoms with van der Waals surface area (Å²) in [5, 5.41) is 10.4. The van der Waals surface area contributed by atoms with Gasteiger partial charge in [-0.2, -0.15) is 0 Å². The highest BCUT2D eigenvalue weighted by Crippen LogP contribution is 2.19. The molecule has 7 nitrogen and oxygen atoms in total. The minimum atomic E-state index is -3.81. The van der Waals surface area contributed by atoms with Crippen molar-refractivity contribution in [1.82, 2.24) is 0 Å². The van der Waals surface area contributed by atoms with Crippen LogP contribution in [0.1, 0.15) is 20.7 Å². The van der Waals surface area contributed by atoms with E-state index in [0.29, 0.717) is 16.9 Å². The van der Waals surface area contributed by atoms with E-state index in [1.165, 1.54) is 24.3 Å². The first-order valence-electron chi connectivity index (χ1n) is 8.24. The number of rotatable bonds is 5. The summed E-state index contributed by atoms with van der Waals surface area (Å²) in [6.45, 7) is 0. The van der Waals surface area contributed by atoms with Gasteiger partial charge in [-0.05, 0) is 48.5 Å². The van der Waals surface area contributed by atoms with Gasteiger partial charge in [-0.25, -0.2) is 13.6 Å². The number of amides is 2. The lowest BCUT2D eigenvalue weighted by atomic mass is 10.1. The van der Waals surface area contributed by atoms with E-state index < -0.39 is 15.9 Å². The Hall–Kier alpha value is -3.49. The van der Waals surface area contributed by atoms with Crippen LogP contribution >= 0.6 is 0 Å². The number of para-hydroxylation sites is 1. The number of benzene rings is 3. The molecule has 0 spiro atoms. The quantitative estimate of drug-likeness (QED) is 0.615. The molecule has 3 aromatic carbocycles. The number of nitrogens with one attached hydrogen (secondary N) is 2. The Morgan fingerprint density at radius 3 is 1.96 bits per heavy atom. The van der Waals surface area contributed by atoms with Crippen LogP contribution in [0, 0.1) is 0 Å². The molecule has 0 aliphatic heterocycles. The molecule has 0 aromatic heterocycles. The normalized spacial score (nSPS) is 10.9. The van der Waals surface area contributed by atoms with Crippen LogP contribution in [-0.2, 0) is 10.0 Å². The van der Waals surface area contributed by atoms with Gasteiger partial charge in [0.05, 0.1) is 16.1 Å². The fourth-order valence-corrected chi connectivity index (χ4v) is 3.02. The van der Waals surface area contributed by atoms with E-state index in [1.807, 2.05) is 0 Å². The van der Waals surface area contributed by atoms with Crippen molar-refractivity contribution >= 4 is 33.2 Å². The van der Waals surface area contributed by atoms with Crippen LogP contribution in [0.5, 0.6) is 0 Å². The van der Waals surface area contributed by atoms with Gasteiger partial charge >= 0.3 is 0 Å². The van der Waals surface area contributed by atoms with Crippen molar-refractivity contribution in [3.63, 3.8) is 0 Å². The standard InChI is InChI=1S/C20H17N3O4S/c21-28(26,27)16-12-10-15(11-13-16)22-20(25)17-8-4-5-9-18(17)23-19(24)14-6-2-1-3-7-14/h1-13H,(H,22,25)(H,23,24)(H2,21,26,27). The predicted molar refractivity (Wildman–Crippen MR) is 107 cm³/mol. The van der Waals surface area contributed by atoms with Crippen LogP contribution in [-0.4, -0.2) is 20.2 Å². The van der Waals surface area contributed by atoms with Gasteiger partial charge < -0.3 is 10.6 Å². The van der Waals surface area contributed by atoms with Gasteiger partial charge in [0.15, 0.2) is 0 Å². The first-order valence-corrected chi connectivity index (χ1v) is 9.79. The molecule has 3 rings (SSSR count). The first kappa shape index (κ1) is 19.3. The number of primary sulfonamides is 1. The zero-order valence-electron chi connectivity index (χ0n) is 14.6. The summed E-state index contributed by atoms with van der Waals surface area (Å²) in [6, 6.07) is 20.7. The average Bonchev–Trinajstić information content (AvgIpc) is 2.68. The number of carbonyl (C=O) groups excluding carboxylic acids is 2. The summed E-state index contributed by atoms with van der Waals surface area (Å²) in [5.41, 5.74) is 1.48. The van der Waals surface area contributed by atoms with E-state index in [4.69, 9.17) is 5.14 Å². The van der Waals surface area contributed by atoms with E-state index in [0.717, 1.165) is 0 Å². The number of sulfonamides is 1. The molecule has 0 saturated carbocycles. The molecule has 0 heterocycles. The molecule has 0 saturated heterocycles. The predicted octanol–water partition coefficient (Wildman–Crippen LogP) is 2.84. The van der Waals surface area contributed by atoms with Gasteiger partial charge in [0, 0.05) is 11.3 Å². The van der Waals surface area contributed by atoms with Crippen LogP contribution < -0.4 is 15.8 Å². The van der Waals surface area contributed by atoms with Crippen LogP contribution in [0.2, 0.25) is 0 Å². The fraction of sp³-hybridized carbons (Fsp3) is 0. The van der Waals surface area contributed by atoms with E-state index in [9.17, 15) is 18.0 Å². The molecule has 142 valence electrons. The smallest absolute Gasteiger partial charge is 0.257 e. The maximum absolute atomic E-state index is 12.6. The minimum absolute atomic E-state index is 0.0546. The summed E-state index contributed by atoms with van der Waals surface area (Å²) in [7, 11) is -3.81. The Labute approximate surface area is 162 Å². The van der Waals surface area contributed by atoms with Gasteiger partial charge in [0.2, 0.25) is 10.0 Å². The highest BCUT2D eigenvalue weighted by molar-refractivity contribution is 7.89. The summed E-state index contributed by atoms with van der Waals surface area (Å²) in [6.07, 6.45) is 0. The molecule has 0 fully saturated rings. The van der Waals surface area contributed by atoms with E-state index >= 15 is 0 Å². The highest BCUT2D eigenvalue weighted by Gasteiger charge is 2.15. The summed E-state index contributed by atoms with van der Waals surface area (Å²) in [4.78, 5) is 24.9. The first-order chi connectivity index (χ1) is 13.3. The molecule has 0 atom stereocenters. The Bertz CT molecular complexity index is 1110. The highest BCUT2D eigenvalue weighted by atomic mass is 32.2. The Balaban J connectivity index is 1.78. The third kappa shape index (κ3) is 4.61. The molecular formula is C20H17N3O4S. The largest absolute Gasteiger partial charge is 0.322 e. The van der Waals surface area contributed by atoms with Crippen molar-refractivity contribution < 1.29 is 18.0 Å². The van der Waals surface area contributed by atoms with Gasteiger partial charge in [-0.1, -0.05) is 30.3 Å². The van der Waals surface area contributed by atoms with Crippen molar-refractivity contribution in [2.24, 2.45) is 5.14 Å². The third-order valence-electron chi connectivity index (χ3n) is 3.90. The van der Waals surface area contributed by atoms with Crippen LogP contribution in [0.15, 0.2) is 83.8 Å². The number of nitrogens with two attached hydrogens (primary N) is 1. The van der Waals surface area contributed by atoms with E-state index in [2.05, 4.69) is 10.6 Å². The van der Waals surface area contributed by atoms with Crippen molar-refractivity contribution in [2.45, 2.75) is 4.90 Å². The van der Waals surface area contributed by atoms with Crippen molar-refractivity contribution in [3.05, 3.63) is 90.0 Å². The lowest BCUT2D eigenvalue weighted by Gasteiger charge is -2.12. The monoisotopic (exact) mass is 395 g/mol. The molecule has 3 aromatic rings. The molecule has 28 heavy (non-hydrogen) atoms. The van der Waals surface area contributed by atoms with Gasteiger partial charge in [0.25, 0.3) is 11.8 Å². The van der Waals surface area contributed by atoms with Crippen LogP contribution in [0.25, 0.3) is 0 Å². The van der Waals surface area contributed by atoms with Crippen LogP contribution in [0.4, 0.5) is 11.4 Å². The Kier molecular flexibility index (Phi) is 5.53. The second-order valence-electron chi connectivity index (χ2n) is 5.89. The van der Waals surface area contributed by atoms with Gasteiger partial charge in [-0.15, -0.1) is 0 Å². The number of hydrogen-bond acceptors (Lipinski definition) is 4.